The monoisotopic (exact) mass is 441 g/mol. The van der Waals surface area contributed by atoms with Crippen LogP contribution in [0.4, 0.5) is 11.4 Å². The molecule has 6 heteroatoms. The van der Waals surface area contributed by atoms with E-state index in [4.69, 9.17) is 0 Å². The lowest BCUT2D eigenvalue weighted by molar-refractivity contribution is -0.126. The maximum absolute atomic E-state index is 12.7. The predicted octanol–water partition coefficient (Wildman–Crippen LogP) is 4.23. The number of benzene rings is 3. The van der Waals surface area contributed by atoms with Crippen LogP contribution in [0.2, 0.25) is 0 Å². The van der Waals surface area contributed by atoms with E-state index in [0.717, 1.165) is 16.7 Å². The van der Waals surface area contributed by atoms with Gasteiger partial charge in [-0.2, -0.15) is 0 Å². The normalized spacial score (nSPS) is 15.4. The van der Waals surface area contributed by atoms with Gasteiger partial charge in [0.1, 0.15) is 0 Å². The van der Waals surface area contributed by atoms with Crippen molar-refractivity contribution >= 4 is 29.1 Å². The first kappa shape index (κ1) is 22.3. The third kappa shape index (κ3) is 5.47. The number of carbonyl (C=O) groups excluding carboxylic acids is 3. The molecule has 0 spiro atoms. The van der Waals surface area contributed by atoms with Crippen molar-refractivity contribution in [3.05, 3.63) is 95.1 Å². The van der Waals surface area contributed by atoms with Crippen LogP contribution >= 0.6 is 0 Å². The molecule has 168 valence electrons. The summed E-state index contributed by atoms with van der Waals surface area (Å²) in [6, 6.07) is 22.5. The average molecular weight is 442 g/mol. The topological polar surface area (TPSA) is 78.5 Å². The van der Waals surface area contributed by atoms with E-state index in [0.29, 0.717) is 30.0 Å². The van der Waals surface area contributed by atoms with Gasteiger partial charge < -0.3 is 15.5 Å². The van der Waals surface area contributed by atoms with E-state index in [1.165, 1.54) is 0 Å². The van der Waals surface area contributed by atoms with Gasteiger partial charge >= 0.3 is 0 Å². The lowest BCUT2D eigenvalue weighted by Crippen LogP contribution is -2.32. The van der Waals surface area contributed by atoms with E-state index in [-0.39, 0.29) is 24.1 Å². The van der Waals surface area contributed by atoms with Gasteiger partial charge in [0.05, 0.1) is 5.92 Å². The van der Waals surface area contributed by atoms with Crippen molar-refractivity contribution in [2.45, 2.75) is 26.8 Å². The molecule has 3 aromatic carbocycles. The zero-order valence-corrected chi connectivity index (χ0v) is 18.8. The van der Waals surface area contributed by atoms with Gasteiger partial charge in [-0.1, -0.05) is 48.0 Å². The number of nitrogens with one attached hydrogen (secondary N) is 2. The summed E-state index contributed by atoms with van der Waals surface area (Å²) in [4.78, 5) is 39.6. The minimum atomic E-state index is -0.423. The van der Waals surface area contributed by atoms with Crippen molar-refractivity contribution in [3.63, 3.8) is 0 Å². The minimum Gasteiger partial charge on any atom is -0.352 e. The van der Waals surface area contributed by atoms with Crippen LogP contribution in [0.1, 0.15) is 33.5 Å². The minimum absolute atomic E-state index is 0.123. The zero-order valence-electron chi connectivity index (χ0n) is 18.8. The van der Waals surface area contributed by atoms with Gasteiger partial charge in [-0.3, -0.25) is 14.4 Å². The summed E-state index contributed by atoms with van der Waals surface area (Å²) in [6.07, 6.45) is 0.152. The number of amides is 3. The molecular formula is C27H27N3O3. The van der Waals surface area contributed by atoms with Gasteiger partial charge in [-0.25, -0.2) is 0 Å². The number of aryl methyl sites for hydroxylation is 2. The number of hydrogen-bond donors (Lipinski definition) is 2. The second kappa shape index (κ2) is 9.69. The van der Waals surface area contributed by atoms with Gasteiger partial charge in [0.25, 0.3) is 5.91 Å². The van der Waals surface area contributed by atoms with Gasteiger partial charge in [0, 0.05) is 36.4 Å². The lowest BCUT2D eigenvalue weighted by Gasteiger charge is -2.18. The van der Waals surface area contributed by atoms with Crippen LogP contribution in [0, 0.1) is 19.8 Å². The number of anilines is 2. The Kier molecular flexibility index (Phi) is 6.54. The Morgan fingerprint density at radius 3 is 2.45 bits per heavy atom. The predicted molar refractivity (Wildman–Crippen MR) is 129 cm³/mol. The number of carbonyl (C=O) groups is 3. The van der Waals surface area contributed by atoms with Crippen molar-refractivity contribution < 1.29 is 14.4 Å². The smallest absolute Gasteiger partial charge is 0.255 e. The van der Waals surface area contributed by atoms with Gasteiger partial charge in [0.15, 0.2) is 0 Å². The summed E-state index contributed by atoms with van der Waals surface area (Å²) in [6.45, 7) is 4.70. The maximum atomic E-state index is 12.7. The molecule has 0 unspecified atom stereocenters. The molecule has 1 aliphatic heterocycles. The zero-order chi connectivity index (χ0) is 23.4. The molecule has 1 atom stereocenters. The molecular weight excluding hydrogens is 414 g/mol. The highest BCUT2D eigenvalue weighted by Crippen LogP contribution is 2.26. The molecule has 1 saturated heterocycles. The van der Waals surface area contributed by atoms with Crippen LogP contribution in [0.15, 0.2) is 72.8 Å². The van der Waals surface area contributed by atoms with Gasteiger partial charge in [-0.05, 0) is 55.3 Å². The van der Waals surface area contributed by atoms with Crippen molar-refractivity contribution in [2.75, 3.05) is 16.8 Å². The Morgan fingerprint density at radius 2 is 1.70 bits per heavy atom. The molecule has 0 bridgehead atoms. The summed E-state index contributed by atoms with van der Waals surface area (Å²) in [5.74, 6) is -0.935. The first-order valence-corrected chi connectivity index (χ1v) is 11.0. The second-order valence-corrected chi connectivity index (χ2v) is 8.48. The molecule has 1 fully saturated rings. The fraction of sp³-hybridized carbons (Fsp3) is 0.222. The summed E-state index contributed by atoms with van der Waals surface area (Å²) >= 11 is 0. The molecule has 4 rings (SSSR count). The number of hydrogen-bond acceptors (Lipinski definition) is 3. The fourth-order valence-corrected chi connectivity index (χ4v) is 3.91. The van der Waals surface area contributed by atoms with Crippen LogP contribution in [-0.4, -0.2) is 24.3 Å². The van der Waals surface area contributed by atoms with E-state index in [9.17, 15) is 14.4 Å². The first-order valence-electron chi connectivity index (χ1n) is 11.0. The molecule has 0 saturated carbocycles. The molecule has 3 amide bonds. The lowest BCUT2D eigenvalue weighted by atomic mass is 10.1. The van der Waals surface area contributed by atoms with E-state index >= 15 is 0 Å². The Bertz CT molecular complexity index is 1190. The highest BCUT2D eigenvalue weighted by molar-refractivity contribution is 6.06. The van der Waals surface area contributed by atoms with E-state index in [2.05, 4.69) is 10.6 Å². The van der Waals surface area contributed by atoms with E-state index in [1.54, 1.807) is 29.2 Å². The van der Waals surface area contributed by atoms with Gasteiger partial charge in [-0.15, -0.1) is 0 Å². The largest absolute Gasteiger partial charge is 0.352 e. The maximum Gasteiger partial charge on any atom is 0.255 e. The van der Waals surface area contributed by atoms with E-state index in [1.807, 2.05) is 62.4 Å². The fourth-order valence-electron chi connectivity index (χ4n) is 3.91. The van der Waals surface area contributed by atoms with Crippen LogP contribution in [0.25, 0.3) is 0 Å². The third-order valence-electron chi connectivity index (χ3n) is 5.78. The van der Waals surface area contributed by atoms with Gasteiger partial charge in [0.2, 0.25) is 11.8 Å². The Labute approximate surface area is 193 Å². The molecule has 0 radical (unpaired) electrons. The van der Waals surface area contributed by atoms with Crippen molar-refractivity contribution in [2.24, 2.45) is 5.92 Å². The highest BCUT2D eigenvalue weighted by Gasteiger charge is 2.35. The van der Waals surface area contributed by atoms with Crippen LogP contribution in [0.3, 0.4) is 0 Å². The Hall–Kier alpha value is -3.93. The number of nitrogens with zero attached hydrogens (tertiary/aromatic N) is 1. The molecule has 2 N–H and O–H groups in total. The van der Waals surface area contributed by atoms with Crippen LogP contribution in [0.5, 0.6) is 0 Å². The molecule has 0 aromatic heterocycles. The summed E-state index contributed by atoms with van der Waals surface area (Å²) < 4.78 is 0. The Morgan fingerprint density at radius 1 is 0.939 bits per heavy atom. The van der Waals surface area contributed by atoms with Crippen molar-refractivity contribution in [3.8, 4) is 0 Å². The molecule has 1 aliphatic rings. The summed E-state index contributed by atoms with van der Waals surface area (Å²) in [7, 11) is 0. The number of rotatable bonds is 6. The second-order valence-electron chi connectivity index (χ2n) is 8.48. The SMILES string of the molecule is Cc1ccc(CNC(=O)[C@H]2CC(=O)N(c3cccc(C(=O)Nc4cccc(C)c4)c3)C2)cc1. The first-order chi connectivity index (χ1) is 15.9. The highest BCUT2D eigenvalue weighted by atomic mass is 16.2. The quantitative estimate of drug-likeness (QED) is 0.601. The van der Waals surface area contributed by atoms with Crippen LogP contribution < -0.4 is 15.5 Å². The molecule has 3 aromatic rings. The molecule has 0 aliphatic carbocycles. The Balaban J connectivity index is 1.39. The van der Waals surface area contributed by atoms with Crippen molar-refractivity contribution in [1.29, 1.82) is 0 Å². The molecule has 6 nitrogen and oxygen atoms in total. The summed E-state index contributed by atoms with van der Waals surface area (Å²) in [5.41, 5.74) is 5.02. The average Bonchev–Trinajstić information content (AvgIpc) is 3.20. The third-order valence-corrected chi connectivity index (χ3v) is 5.78. The summed E-state index contributed by atoms with van der Waals surface area (Å²) in [5, 5.41) is 5.82. The van der Waals surface area contributed by atoms with E-state index < -0.39 is 5.92 Å². The molecule has 1 heterocycles. The standard InChI is InChI=1S/C27H27N3O3/c1-18-9-11-20(12-10-18)16-28-26(32)22-15-25(31)30(17-22)24-8-4-6-21(14-24)27(33)29-23-7-3-5-19(2)13-23/h3-14,22H,15-17H2,1-2H3,(H,28,32)(H,29,33)/t22-/m0/s1. The van der Waals surface area contributed by atoms with Crippen molar-refractivity contribution in [1.82, 2.24) is 5.32 Å². The molecule has 33 heavy (non-hydrogen) atoms. The van der Waals surface area contributed by atoms with Crippen LogP contribution in [-0.2, 0) is 16.1 Å².